The van der Waals surface area contributed by atoms with Crippen LogP contribution < -0.4 is 16.0 Å². The number of nitrogen functional groups attached to an aromatic ring is 1. The van der Waals surface area contributed by atoms with E-state index in [0.717, 1.165) is 12.8 Å². The molecule has 1 aromatic rings. The number of nitroso groups, excluding NO2 is 1. The molecule has 0 saturated heterocycles. The molecule has 17 heavy (non-hydrogen) atoms. The Morgan fingerprint density at radius 2 is 2.35 bits per heavy atom. The van der Waals surface area contributed by atoms with Crippen molar-refractivity contribution in [1.82, 2.24) is 9.97 Å². The fourth-order valence-corrected chi connectivity index (χ4v) is 1.06. The molecule has 0 aliphatic heterocycles. The summed E-state index contributed by atoms with van der Waals surface area (Å²) in [6, 6.07) is 0. The molecule has 92 valence electrons. The molecule has 7 nitrogen and oxygen atoms in total. The quantitative estimate of drug-likeness (QED) is 0.572. The highest BCUT2D eigenvalue weighted by Crippen LogP contribution is 2.16. The van der Waals surface area contributed by atoms with Crippen molar-refractivity contribution in [2.45, 2.75) is 19.8 Å². The van der Waals surface area contributed by atoms with Gasteiger partial charge in [0.1, 0.15) is 5.70 Å². The number of aromatic amines is 1. The maximum atomic E-state index is 11.4. The third kappa shape index (κ3) is 3.13. The smallest absolute Gasteiger partial charge is 0.278 e. The molecule has 0 fully saturated rings. The summed E-state index contributed by atoms with van der Waals surface area (Å²) >= 11 is 0. The van der Waals surface area contributed by atoms with Crippen molar-refractivity contribution in [3.8, 4) is 5.88 Å². The molecule has 7 heteroatoms. The molecule has 1 aromatic heterocycles. The molecule has 0 saturated carbocycles. The Balaban J connectivity index is 3.02. The molecular weight excluding hydrogens is 224 g/mol. The minimum absolute atomic E-state index is 0.00185. The Hall–Kier alpha value is -2.18. The average Bonchev–Trinajstić information content (AvgIpc) is 2.33. The predicted molar refractivity (Wildman–Crippen MR) is 64.5 cm³/mol. The van der Waals surface area contributed by atoms with E-state index in [-0.39, 0.29) is 23.1 Å². The predicted octanol–water partition coefficient (Wildman–Crippen LogP) is 1.27. The molecular formula is C10H14N4O3. The molecule has 0 aliphatic rings. The fourth-order valence-electron chi connectivity index (χ4n) is 1.06. The molecule has 0 amide bonds. The minimum Gasteiger partial charge on any atom is -0.476 e. The van der Waals surface area contributed by atoms with E-state index in [0.29, 0.717) is 6.61 Å². The van der Waals surface area contributed by atoms with Crippen molar-refractivity contribution < 1.29 is 4.74 Å². The molecule has 0 aliphatic carbocycles. The molecule has 0 aromatic carbocycles. The van der Waals surface area contributed by atoms with Crippen LogP contribution in [0.2, 0.25) is 0 Å². The zero-order valence-corrected chi connectivity index (χ0v) is 9.52. The van der Waals surface area contributed by atoms with Gasteiger partial charge in [-0.1, -0.05) is 19.9 Å². The van der Waals surface area contributed by atoms with Gasteiger partial charge in [0.05, 0.1) is 6.61 Å². The van der Waals surface area contributed by atoms with Gasteiger partial charge in [-0.3, -0.25) is 4.79 Å². The summed E-state index contributed by atoms with van der Waals surface area (Å²) in [5, 5.41) is 2.59. The molecule has 1 heterocycles. The standard InChI is InChI=1S/C10H14N4O3/c1-3-4-5-17-10-7(11)9(15)12-8(13-10)6(2)14-16/h2-5,11H2,1H3,(H,12,13,15). The molecule has 0 atom stereocenters. The second-order valence-corrected chi connectivity index (χ2v) is 3.37. The van der Waals surface area contributed by atoms with E-state index < -0.39 is 5.56 Å². The second-order valence-electron chi connectivity index (χ2n) is 3.37. The summed E-state index contributed by atoms with van der Waals surface area (Å²) in [6.07, 6.45) is 1.76. The van der Waals surface area contributed by atoms with Crippen LogP contribution in [0.25, 0.3) is 5.70 Å². The Morgan fingerprint density at radius 1 is 1.65 bits per heavy atom. The van der Waals surface area contributed by atoms with Crippen molar-refractivity contribution in [2.24, 2.45) is 5.18 Å². The first-order valence-corrected chi connectivity index (χ1v) is 5.15. The minimum atomic E-state index is -0.578. The summed E-state index contributed by atoms with van der Waals surface area (Å²) in [7, 11) is 0. The topological polar surface area (TPSA) is 110 Å². The molecule has 0 bridgehead atoms. The van der Waals surface area contributed by atoms with E-state index in [1.165, 1.54) is 0 Å². The summed E-state index contributed by atoms with van der Waals surface area (Å²) in [5.74, 6) is -0.0345. The summed E-state index contributed by atoms with van der Waals surface area (Å²) in [6.45, 7) is 5.75. The highest BCUT2D eigenvalue weighted by Gasteiger charge is 2.11. The third-order valence-electron chi connectivity index (χ3n) is 2.04. The number of nitrogens with two attached hydrogens (primary N) is 1. The van der Waals surface area contributed by atoms with E-state index in [1.807, 2.05) is 6.92 Å². The lowest BCUT2D eigenvalue weighted by molar-refractivity contribution is 0.298. The van der Waals surface area contributed by atoms with Crippen LogP contribution in [0, 0.1) is 4.91 Å². The van der Waals surface area contributed by atoms with Gasteiger partial charge in [0.2, 0.25) is 5.88 Å². The van der Waals surface area contributed by atoms with Crippen molar-refractivity contribution in [2.75, 3.05) is 12.3 Å². The van der Waals surface area contributed by atoms with Crippen LogP contribution in [0.5, 0.6) is 5.88 Å². The summed E-state index contributed by atoms with van der Waals surface area (Å²) in [4.78, 5) is 27.9. The third-order valence-corrected chi connectivity index (χ3v) is 2.04. The lowest BCUT2D eigenvalue weighted by atomic mass is 10.4. The van der Waals surface area contributed by atoms with Gasteiger partial charge in [-0.05, 0) is 11.6 Å². The normalized spacial score (nSPS) is 9.94. The van der Waals surface area contributed by atoms with Gasteiger partial charge in [-0.25, -0.2) is 0 Å². The first-order chi connectivity index (χ1) is 8.10. The molecule has 0 radical (unpaired) electrons. The van der Waals surface area contributed by atoms with Gasteiger partial charge in [0, 0.05) is 0 Å². The van der Waals surface area contributed by atoms with Crippen LogP contribution in [0.4, 0.5) is 5.69 Å². The van der Waals surface area contributed by atoms with E-state index in [4.69, 9.17) is 10.5 Å². The molecule has 0 unspecified atom stereocenters. The number of aromatic nitrogens is 2. The number of unbranched alkanes of at least 4 members (excludes halogenated alkanes) is 1. The summed E-state index contributed by atoms with van der Waals surface area (Å²) in [5.41, 5.74) is 4.63. The Kier molecular flexibility index (Phi) is 4.38. The van der Waals surface area contributed by atoms with Gasteiger partial charge in [0.15, 0.2) is 11.5 Å². The Labute approximate surface area is 97.7 Å². The van der Waals surface area contributed by atoms with Gasteiger partial charge in [-0.2, -0.15) is 4.98 Å². The van der Waals surface area contributed by atoms with E-state index in [1.54, 1.807) is 0 Å². The number of ether oxygens (including phenoxy) is 1. The summed E-state index contributed by atoms with van der Waals surface area (Å²) < 4.78 is 5.25. The number of H-pyrrole nitrogens is 1. The van der Waals surface area contributed by atoms with Crippen LogP contribution in [0.3, 0.4) is 0 Å². The lowest BCUT2D eigenvalue weighted by Gasteiger charge is -2.07. The van der Waals surface area contributed by atoms with Gasteiger partial charge < -0.3 is 15.5 Å². The first-order valence-electron chi connectivity index (χ1n) is 5.15. The van der Waals surface area contributed by atoms with Crippen LogP contribution in [-0.2, 0) is 0 Å². The Morgan fingerprint density at radius 3 is 2.94 bits per heavy atom. The van der Waals surface area contributed by atoms with Crippen molar-refractivity contribution in [3.05, 3.63) is 27.7 Å². The second kappa shape index (κ2) is 5.78. The highest BCUT2D eigenvalue weighted by atomic mass is 16.5. The van der Waals surface area contributed by atoms with Crippen LogP contribution in [0.1, 0.15) is 25.6 Å². The SMILES string of the molecule is C=C(N=O)c1nc(OCCCC)c(N)c(=O)[nH]1. The lowest BCUT2D eigenvalue weighted by Crippen LogP contribution is -2.17. The first kappa shape index (κ1) is 12.9. The van der Waals surface area contributed by atoms with Crippen molar-refractivity contribution in [1.29, 1.82) is 0 Å². The van der Waals surface area contributed by atoms with Crippen LogP contribution >= 0.6 is 0 Å². The highest BCUT2D eigenvalue weighted by molar-refractivity contribution is 5.58. The monoisotopic (exact) mass is 238 g/mol. The molecule has 1 rings (SSSR count). The zero-order valence-electron chi connectivity index (χ0n) is 9.52. The fraction of sp³-hybridized carbons (Fsp3) is 0.400. The largest absolute Gasteiger partial charge is 0.476 e. The maximum absolute atomic E-state index is 11.4. The van der Waals surface area contributed by atoms with E-state index in [2.05, 4.69) is 21.7 Å². The number of anilines is 1. The number of hydrogen-bond donors (Lipinski definition) is 2. The van der Waals surface area contributed by atoms with Crippen LogP contribution in [-0.4, -0.2) is 16.6 Å². The number of hydrogen-bond acceptors (Lipinski definition) is 6. The Bertz CT molecular complexity index is 481. The number of rotatable bonds is 6. The molecule has 3 N–H and O–H groups in total. The average molecular weight is 238 g/mol. The molecule has 0 spiro atoms. The van der Waals surface area contributed by atoms with Crippen molar-refractivity contribution in [3.63, 3.8) is 0 Å². The van der Waals surface area contributed by atoms with Gasteiger partial charge >= 0.3 is 0 Å². The van der Waals surface area contributed by atoms with E-state index in [9.17, 15) is 9.70 Å². The number of nitrogens with zero attached hydrogens (tertiary/aromatic N) is 2. The van der Waals surface area contributed by atoms with Gasteiger partial charge in [-0.15, -0.1) is 4.91 Å². The number of nitrogens with one attached hydrogen (secondary N) is 1. The maximum Gasteiger partial charge on any atom is 0.278 e. The van der Waals surface area contributed by atoms with Gasteiger partial charge in [0.25, 0.3) is 5.56 Å². The zero-order chi connectivity index (χ0) is 12.8. The van der Waals surface area contributed by atoms with E-state index >= 15 is 0 Å². The van der Waals surface area contributed by atoms with Crippen molar-refractivity contribution >= 4 is 11.4 Å². The van der Waals surface area contributed by atoms with Crippen LogP contribution in [0.15, 0.2) is 16.6 Å².